The highest BCUT2D eigenvalue weighted by Crippen LogP contribution is 2.19. The van der Waals surface area contributed by atoms with Gasteiger partial charge in [-0.15, -0.1) is 0 Å². The van der Waals surface area contributed by atoms with Gasteiger partial charge in [-0.05, 0) is 18.2 Å². The van der Waals surface area contributed by atoms with E-state index in [0.29, 0.717) is 0 Å². The van der Waals surface area contributed by atoms with Crippen LogP contribution in [-0.2, 0) is 0 Å². The first-order valence-corrected chi connectivity index (χ1v) is 4.88. The lowest BCUT2D eigenvalue weighted by molar-refractivity contribution is 1.13. The van der Waals surface area contributed by atoms with E-state index in [0.717, 1.165) is 11.3 Å². The molecule has 1 aromatic carbocycles. The first kappa shape index (κ1) is 9.71. The normalized spacial score (nSPS) is 10.0. The minimum atomic E-state index is 0.891. The Morgan fingerprint density at radius 3 is 2.40 bits per heavy atom. The molecule has 2 heteroatoms. The highest BCUT2D eigenvalue weighted by Gasteiger charge is 1.99. The third-order valence-electron chi connectivity index (χ3n) is 2.26. The summed E-state index contributed by atoms with van der Waals surface area (Å²) in [5.41, 5.74) is 3.18. The second kappa shape index (κ2) is 4.13. The van der Waals surface area contributed by atoms with E-state index in [2.05, 4.69) is 40.2 Å². The van der Waals surface area contributed by atoms with Gasteiger partial charge < -0.3 is 4.90 Å². The maximum Gasteiger partial charge on any atom is 0.0781 e. The predicted molar refractivity (Wildman–Crippen MR) is 62.8 cm³/mol. The zero-order valence-corrected chi connectivity index (χ0v) is 8.94. The SMILES string of the molecule is CN(C)c1ccc(-c2[c]cccn2)cc1. The third kappa shape index (κ3) is 2.15. The molecule has 0 saturated carbocycles. The Labute approximate surface area is 90.2 Å². The topological polar surface area (TPSA) is 16.1 Å². The van der Waals surface area contributed by atoms with E-state index in [9.17, 15) is 0 Å². The first-order chi connectivity index (χ1) is 7.27. The number of aromatic nitrogens is 1. The molecule has 1 aromatic heterocycles. The van der Waals surface area contributed by atoms with Crippen molar-refractivity contribution in [3.63, 3.8) is 0 Å². The van der Waals surface area contributed by atoms with E-state index in [-0.39, 0.29) is 0 Å². The molecule has 0 aliphatic carbocycles. The summed E-state index contributed by atoms with van der Waals surface area (Å²) in [6, 6.07) is 15.1. The van der Waals surface area contributed by atoms with Crippen LogP contribution >= 0.6 is 0 Å². The zero-order chi connectivity index (χ0) is 10.7. The minimum absolute atomic E-state index is 0.891. The Morgan fingerprint density at radius 2 is 1.87 bits per heavy atom. The highest BCUT2D eigenvalue weighted by molar-refractivity contribution is 5.62. The molecule has 0 aliphatic heterocycles. The van der Waals surface area contributed by atoms with Crippen LogP contribution in [0.25, 0.3) is 11.3 Å². The monoisotopic (exact) mass is 197 g/mol. The summed E-state index contributed by atoms with van der Waals surface area (Å²) in [4.78, 5) is 6.33. The van der Waals surface area contributed by atoms with Crippen molar-refractivity contribution in [3.05, 3.63) is 48.7 Å². The van der Waals surface area contributed by atoms with Crippen molar-refractivity contribution in [2.75, 3.05) is 19.0 Å². The molecule has 1 heterocycles. The summed E-state index contributed by atoms with van der Waals surface area (Å²) in [5, 5.41) is 0. The molecule has 75 valence electrons. The van der Waals surface area contributed by atoms with Gasteiger partial charge in [0.15, 0.2) is 0 Å². The van der Waals surface area contributed by atoms with Crippen LogP contribution in [0.4, 0.5) is 5.69 Å². The van der Waals surface area contributed by atoms with Crippen molar-refractivity contribution in [2.24, 2.45) is 0 Å². The zero-order valence-electron chi connectivity index (χ0n) is 8.94. The molecular weight excluding hydrogens is 184 g/mol. The summed E-state index contributed by atoms with van der Waals surface area (Å²) >= 11 is 0. The van der Waals surface area contributed by atoms with Crippen molar-refractivity contribution in [3.8, 4) is 11.3 Å². The Balaban J connectivity index is 2.32. The first-order valence-electron chi connectivity index (χ1n) is 4.88. The average Bonchev–Trinajstić information content (AvgIpc) is 2.30. The van der Waals surface area contributed by atoms with Gasteiger partial charge in [0.05, 0.1) is 5.69 Å². The van der Waals surface area contributed by atoms with Crippen molar-refractivity contribution >= 4 is 5.69 Å². The molecule has 0 amide bonds. The molecule has 0 spiro atoms. The van der Waals surface area contributed by atoms with Gasteiger partial charge in [-0.1, -0.05) is 18.2 Å². The van der Waals surface area contributed by atoms with Gasteiger partial charge >= 0.3 is 0 Å². The standard InChI is InChI=1S/C13H13N2/c1-15(2)12-8-6-11(7-9-12)13-5-3-4-10-14-13/h3-4,6-10H,1-2H3. The van der Waals surface area contributed by atoms with E-state index in [1.165, 1.54) is 5.69 Å². The van der Waals surface area contributed by atoms with Crippen LogP contribution in [0.15, 0.2) is 42.6 Å². The van der Waals surface area contributed by atoms with Gasteiger partial charge in [0.25, 0.3) is 0 Å². The van der Waals surface area contributed by atoms with Crippen LogP contribution in [0.3, 0.4) is 0 Å². The van der Waals surface area contributed by atoms with Crippen molar-refractivity contribution in [2.45, 2.75) is 0 Å². The lowest BCUT2D eigenvalue weighted by Crippen LogP contribution is -2.07. The summed E-state index contributed by atoms with van der Waals surface area (Å²) < 4.78 is 0. The van der Waals surface area contributed by atoms with Gasteiger partial charge in [0, 0.05) is 37.6 Å². The predicted octanol–water partition coefficient (Wildman–Crippen LogP) is 2.61. The summed E-state index contributed by atoms with van der Waals surface area (Å²) in [5.74, 6) is 0. The van der Waals surface area contributed by atoms with Crippen LogP contribution in [-0.4, -0.2) is 19.1 Å². The number of hydrogen-bond acceptors (Lipinski definition) is 2. The van der Waals surface area contributed by atoms with Crippen LogP contribution < -0.4 is 4.90 Å². The summed E-state index contributed by atoms with van der Waals surface area (Å²) in [7, 11) is 4.06. The lowest BCUT2D eigenvalue weighted by Gasteiger charge is -2.12. The van der Waals surface area contributed by atoms with E-state index in [1.54, 1.807) is 6.20 Å². The van der Waals surface area contributed by atoms with Crippen LogP contribution in [0.5, 0.6) is 0 Å². The molecule has 0 unspecified atom stereocenters. The second-order valence-electron chi connectivity index (χ2n) is 3.57. The minimum Gasteiger partial charge on any atom is -0.378 e. The van der Waals surface area contributed by atoms with Crippen LogP contribution in [0.2, 0.25) is 0 Å². The molecular formula is C13H13N2. The molecule has 0 saturated heterocycles. The molecule has 0 fully saturated rings. The van der Waals surface area contributed by atoms with Crippen LogP contribution in [0.1, 0.15) is 0 Å². The molecule has 1 radical (unpaired) electrons. The fourth-order valence-corrected chi connectivity index (χ4v) is 1.40. The number of nitrogens with zero attached hydrogens (tertiary/aromatic N) is 2. The van der Waals surface area contributed by atoms with E-state index >= 15 is 0 Å². The van der Waals surface area contributed by atoms with Gasteiger partial charge in [-0.3, -0.25) is 4.98 Å². The summed E-state index contributed by atoms with van der Waals surface area (Å²) in [6.07, 6.45) is 1.78. The third-order valence-corrected chi connectivity index (χ3v) is 2.26. The molecule has 15 heavy (non-hydrogen) atoms. The summed E-state index contributed by atoms with van der Waals surface area (Å²) in [6.45, 7) is 0. The quantitative estimate of drug-likeness (QED) is 0.735. The number of pyridine rings is 1. The largest absolute Gasteiger partial charge is 0.378 e. The van der Waals surface area contributed by atoms with Crippen molar-refractivity contribution < 1.29 is 0 Å². The van der Waals surface area contributed by atoms with Gasteiger partial charge in [-0.25, -0.2) is 0 Å². The molecule has 2 rings (SSSR count). The maximum atomic E-state index is 4.25. The van der Waals surface area contributed by atoms with E-state index < -0.39 is 0 Å². The van der Waals surface area contributed by atoms with Gasteiger partial charge in [-0.2, -0.15) is 0 Å². The highest BCUT2D eigenvalue weighted by atomic mass is 15.1. The molecule has 0 bridgehead atoms. The molecule has 0 aliphatic rings. The Morgan fingerprint density at radius 1 is 1.13 bits per heavy atom. The van der Waals surface area contributed by atoms with Gasteiger partial charge in [0.2, 0.25) is 0 Å². The Hall–Kier alpha value is -1.83. The lowest BCUT2D eigenvalue weighted by atomic mass is 10.1. The van der Waals surface area contributed by atoms with Crippen LogP contribution in [0, 0.1) is 6.07 Å². The smallest absolute Gasteiger partial charge is 0.0781 e. The molecule has 2 nitrogen and oxygen atoms in total. The van der Waals surface area contributed by atoms with E-state index in [1.807, 2.05) is 26.2 Å². The Bertz CT molecular complexity index is 418. The number of rotatable bonds is 2. The van der Waals surface area contributed by atoms with Crippen molar-refractivity contribution in [1.82, 2.24) is 4.98 Å². The number of hydrogen-bond donors (Lipinski definition) is 0. The number of anilines is 1. The molecule has 0 N–H and O–H groups in total. The number of benzene rings is 1. The van der Waals surface area contributed by atoms with Gasteiger partial charge in [0.1, 0.15) is 0 Å². The average molecular weight is 197 g/mol. The fourth-order valence-electron chi connectivity index (χ4n) is 1.40. The molecule has 0 atom stereocenters. The fraction of sp³-hybridized carbons (Fsp3) is 0.154. The van der Waals surface area contributed by atoms with Crippen molar-refractivity contribution in [1.29, 1.82) is 0 Å². The Kier molecular flexibility index (Phi) is 2.68. The van der Waals surface area contributed by atoms with E-state index in [4.69, 9.17) is 0 Å². The molecule has 2 aromatic rings. The second-order valence-corrected chi connectivity index (χ2v) is 3.57. The maximum absolute atomic E-state index is 4.25.